The molecular weight excluding hydrogens is 415 g/mol. The topological polar surface area (TPSA) is 48.9 Å². The summed E-state index contributed by atoms with van der Waals surface area (Å²) in [7, 11) is 1.73. The Hall–Kier alpha value is -1.02. The van der Waals surface area contributed by atoms with Crippen LogP contribution in [0.1, 0.15) is 26.7 Å². The normalized spacial score (nSPS) is 10.9. The van der Waals surface area contributed by atoms with Gasteiger partial charge in [0.25, 0.3) is 0 Å². The number of benzene rings is 1. The zero-order chi connectivity index (χ0) is 16.8. The summed E-state index contributed by atoms with van der Waals surface area (Å²) >= 11 is 0. The number of para-hydroxylation sites is 1. The zero-order valence-electron chi connectivity index (χ0n) is 15.3. The highest BCUT2D eigenvalue weighted by Crippen LogP contribution is 2.12. The lowest BCUT2D eigenvalue weighted by Gasteiger charge is -2.22. The summed E-state index contributed by atoms with van der Waals surface area (Å²) in [6, 6.07) is 10.6. The number of hydrogen-bond acceptors (Lipinski definition) is 3. The van der Waals surface area contributed by atoms with Crippen LogP contribution in [-0.2, 0) is 4.74 Å². The number of nitrogens with one attached hydrogen (secondary N) is 2. The molecule has 1 aromatic carbocycles. The van der Waals surface area contributed by atoms with Crippen LogP contribution in [0.3, 0.4) is 0 Å². The third kappa shape index (κ3) is 9.97. The molecule has 0 saturated heterocycles. The van der Waals surface area contributed by atoms with Crippen molar-refractivity contribution in [1.82, 2.24) is 10.6 Å². The molecule has 0 bridgehead atoms. The second-order valence-corrected chi connectivity index (χ2v) is 5.30. The van der Waals surface area contributed by atoms with Gasteiger partial charge in [-0.2, -0.15) is 0 Å². The zero-order valence-corrected chi connectivity index (χ0v) is 17.6. The Labute approximate surface area is 164 Å². The van der Waals surface area contributed by atoms with Crippen molar-refractivity contribution in [2.45, 2.75) is 26.7 Å². The molecule has 6 heteroatoms. The first-order chi connectivity index (χ1) is 11.3. The number of rotatable bonds is 11. The van der Waals surface area contributed by atoms with Crippen molar-refractivity contribution in [3.63, 3.8) is 0 Å². The van der Waals surface area contributed by atoms with Crippen molar-refractivity contribution >= 4 is 35.6 Å². The third-order valence-corrected chi connectivity index (χ3v) is 3.52. The molecule has 0 spiro atoms. The van der Waals surface area contributed by atoms with Crippen LogP contribution in [0.25, 0.3) is 0 Å². The van der Waals surface area contributed by atoms with Gasteiger partial charge in [0.2, 0.25) is 0 Å². The Morgan fingerprint density at radius 3 is 2.50 bits per heavy atom. The van der Waals surface area contributed by atoms with E-state index in [1.807, 2.05) is 0 Å². The van der Waals surface area contributed by atoms with Gasteiger partial charge in [0.15, 0.2) is 5.96 Å². The van der Waals surface area contributed by atoms with E-state index in [9.17, 15) is 0 Å². The number of guanidine groups is 1. The molecule has 2 N–H and O–H groups in total. The monoisotopic (exact) mass is 448 g/mol. The first-order valence-corrected chi connectivity index (χ1v) is 8.62. The Morgan fingerprint density at radius 1 is 1.12 bits per heavy atom. The van der Waals surface area contributed by atoms with Crippen molar-refractivity contribution in [2.24, 2.45) is 4.99 Å². The van der Waals surface area contributed by atoms with Gasteiger partial charge < -0.3 is 20.3 Å². The molecule has 0 heterocycles. The van der Waals surface area contributed by atoms with Gasteiger partial charge in [-0.25, -0.2) is 0 Å². The second-order valence-electron chi connectivity index (χ2n) is 5.30. The summed E-state index contributed by atoms with van der Waals surface area (Å²) in [5.74, 6) is 0.895. The van der Waals surface area contributed by atoms with E-state index in [4.69, 9.17) is 4.74 Å². The largest absolute Gasteiger partial charge is 0.385 e. The van der Waals surface area contributed by atoms with Crippen LogP contribution in [-0.4, -0.2) is 52.4 Å². The van der Waals surface area contributed by atoms with Gasteiger partial charge in [0.1, 0.15) is 0 Å². The molecule has 0 aromatic heterocycles. The van der Waals surface area contributed by atoms with Gasteiger partial charge in [-0.05, 0) is 38.8 Å². The minimum atomic E-state index is 0. The second kappa shape index (κ2) is 15.5. The van der Waals surface area contributed by atoms with Crippen molar-refractivity contribution in [3.05, 3.63) is 30.3 Å². The highest BCUT2D eigenvalue weighted by atomic mass is 127. The van der Waals surface area contributed by atoms with Crippen LogP contribution in [0.5, 0.6) is 0 Å². The fraction of sp³-hybridized carbons (Fsp3) is 0.611. The maximum Gasteiger partial charge on any atom is 0.191 e. The van der Waals surface area contributed by atoms with Crippen molar-refractivity contribution in [1.29, 1.82) is 0 Å². The molecule has 5 nitrogen and oxygen atoms in total. The average Bonchev–Trinajstić information content (AvgIpc) is 2.59. The minimum absolute atomic E-state index is 0. The van der Waals surface area contributed by atoms with Crippen molar-refractivity contribution in [3.8, 4) is 0 Å². The number of halogens is 1. The summed E-state index contributed by atoms with van der Waals surface area (Å²) in [5.41, 5.74) is 1.28. The molecule has 0 unspecified atom stereocenters. The number of aliphatic imine (C=N–C) groups is 1. The lowest BCUT2D eigenvalue weighted by Crippen LogP contribution is -2.38. The van der Waals surface area contributed by atoms with Gasteiger partial charge >= 0.3 is 0 Å². The summed E-state index contributed by atoms with van der Waals surface area (Å²) in [6.07, 6.45) is 2.02. The number of anilines is 1. The van der Waals surface area contributed by atoms with E-state index in [2.05, 4.69) is 64.7 Å². The number of methoxy groups -OCH3 is 1. The van der Waals surface area contributed by atoms with Crippen LogP contribution in [0.2, 0.25) is 0 Å². The van der Waals surface area contributed by atoms with Gasteiger partial charge in [-0.1, -0.05) is 18.2 Å². The molecule has 1 rings (SSSR count). The first kappa shape index (κ1) is 23.0. The summed E-state index contributed by atoms with van der Waals surface area (Å²) in [5, 5.41) is 6.61. The molecule has 0 atom stereocenters. The molecule has 24 heavy (non-hydrogen) atoms. The summed E-state index contributed by atoms with van der Waals surface area (Å²) < 4.78 is 5.06. The third-order valence-electron chi connectivity index (χ3n) is 3.52. The van der Waals surface area contributed by atoms with Crippen LogP contribution in [0.4, 0.5) is 5.69 Å². The van der Waals surface area contributed by atoms with E-state index in [0.717, 1.165) is 58.1 Å². The molecule has 0 fully saturated rings. The van der Waals surface area contributed by atoms with Crippen LogP contribution >= 0.6 is 24.0 Å². The molecule has 0 amide bonds. The standard InChI is InChI=1S/C18H32N4O.HI/c1-4-19-18(21-14-10-16-23-3)20-13-9-15-22(5-2)17-11-7-6-8-12-17;/h6-8,11-12H,4-5,9-10,13-16H2,1-3H3,(H2,19,20,21);1H. The first-order valence-electron chi connectivity index (χ1n) is 8.62. The fourth-order valence-electron chi connectivity index (χ4n) is 2.33. The van der Waals surface area contributed by atoms with Gasteiger partial charge in [0, 0.05) is 52.1 Å². The maximum absolute atomic E-state index is 5.06. The van der Waals surface area contributed by atoms with Crippen LogP contribution in [0, 0.1) is 0 Å². The van der Waals surface area contributed by atoms with Gasteiger partial charge in [0.05, 0.1) is 0 Å². The van der Waals surface area contributed by atoms with E-state index in [0.29, 0.717) is 0 Å². The molecule has 0 aliphatic carbocycles. The number of ether oxygens (including phenoxy) is 1. The number of nitrogens with zero attached hydrogens (tertiary/aromatic N) is 2. The quantitative estimate of drug-likeness (QED) is 0.237. The van der Waals surface area contributed by atoms with E-state index in [1.54, 1.807) is 7.11 Å². The predicted molar refractivity (Wildman–Crippen MR) is 115 cm³/mol. The molecule has 0 aliphatic heterocycles. The van der Waals surface area contributed by atoms with E-state index >= 15 is 0 Å². The summed E-state index contributed by atoms with van der Waals surface area (Å²) in [4.78, 5) is 7.02. The Bertz CT molecular complexity index is 428. The van der Waals surface area contributed by atoms with E-state index < -0.39 is 0 Å². The van der Waals surface area contributed by atoms with Crippen LogP contribution < -0.4 is 15.5 Å². The highest BCUT2D eigenvalue weighted by Gasteiger charge is 2.03. The van der Waals surface area contributed by atoms with Crippen LogP contribution in [0.15, 0.2) is 35.3 Å². The van der Waals surface area contributed by atoms with Crippen molar-refractivity contribution < 1.29 is 4.74 Å². The predicted octanol–water partition coefficient (Wildman–Crippen LogP) is 3.11. The lowest BCUT2D eigenvalue weighted by atomic mass is 10.2. The molecule has 1 aromatic rings. The molecule has 0 radical (unpaired) electrons. The maximum atomic E-state index is 5.06. The molecular formula is C18H33IN4O. The summed E-state index contributed by atoms with van der Waals surface area (Å²) in [6.45, 7) is 9.66. The lowest BCUT2D eigenvalue weighted by molar-refractivity contribution is 0.195. The van der Waals surface area contributed by atoms with E-state index in [-0.39, 0.29) is 24.0 Å². The Morgan fingerprint density at radius 2 is 1.88 bits per heavy atom. The Kier molecular flexibility index (Phi) is 14.8. The SMILES string of the molecule is CCNC(=NCCCN(CC)c1ccccc1)NCCCOC.I. The average molecular weight is 448 g/mol. The molecule has 138 valence electrons. The smallest absolute Gasteiger partial charge is 0.191 e. The Balaban J connectivity index is 0.00000529. The van der Waals surface area contributed by atoms with Crippen molar-refractivity contribution in [2.75, 3.05) is 51.3 Å². The minimum Gasteiger partial charge on any atom is -0.385 e. The molecule has 0 saturated carbocycles. The fourth-order valence-corrected chi connectivity index (χ4v) is 2.33. The van der Waals surface area contributed by atoms with Gasteiger partial charge in [-0.15, -0.1) is 24.0 Å². The number of hydrogen-bond donors (Lipinski definition) is 2. The van der Waals surface area contributed by atoms with Gasteiger partial charge in [-0.3, -0.25) is 4.99 Å². The van der Waals surface area contributed by atoms with E-state index in [1.165, 1.54) is 5.69 Å². The highest BCUT2D eigenvalue weighted by molar-refractivity contribution is 14.0. The molecule has 0 aliphatic rings.